The summed E-state index contributed by atoms with van der Waals surface area (Å²) >= 11 is 0. The largest absolute Gasteiger partial charge is 0.478 e. The van der Waals surface area contributed by atoms with E-state index in [2.05, 4.69) is 34.4 Å². The van der Waals surface area contributed by atoms with Crippen molar-refractivity contribution in [2.24, 2.45) is 0 Å². The van der Waals surface area contributed by atoms with E-state index in [1.54, 1.807) is 12.1 Å². The van der Waals surface area contributed by atoms with Crippen molar-refractivity contribution in [3.05, 3.63) is 57.5 Å². The number of carboxylic acids is 1. The van der Waals surface area contributed by atoms with Gasteiger partial charge in [-0.3, -0.25) is 15.1 Å². The summed E-state index contributed by atoms with van der Waals surface area (Å²) in [4.78, 5) is 41.8. The second-order valence-electron chi connectivity index (χ2n) is 6.58. The Morgan fingerprint density at radius 3 is 2.54 bits per heavy atom. The van der Waals surface area contributed by atoms with Gasteiger partial charge in [-0.15, -0.1) is 0 Å². The third-order valence-corrected chi connectivity index (χ3v) is 4.46. The van der Waals surface area contributed by atoms with E-state index in [9.17, 15) is 14.4 Å². The maximum atomic E-state index is 12.1. The summed E-state index contributed by atoms with van der Waals surface area (Å²) in [6, 6.07) is 7.18. The quantitative estimate of drug-likeness (QED) is 0.525. The van der Waals surface area contributed by atoms with E-state index in [1.165, 1.54) is 18.2 Å². The van der Waals surface area contributed by atoms with E-state index < -0.39 is 12.0 Å². The molecule has 0 radical (unpaired) electrons. The molecule has 0 saturated carbocycles. The third-order valence-electron chi connectivity index (χ3n) is 4.46. The van der Waals surface area contributed by atoms with Gasteiger partial charge in [0.25, 0.3) is 5.56 Å². The number of amides is 2. The molecule has 0 aliphatic rings. The van der Waals surface area contributed by atoms with Crippen LogP contribution in [0.15, 0.2) is 35.1 Å². The van der Waals surface area contributed by atoms with Gasteiger partial charge in [0.15, 0.2) is 0 Å². The Balaban J connectivity index is 1.99. The van der Waals surface area contributed by atoms with Crippen LogP contribution < -0.4 is 16.2 Å². The lowest BCUT2D eigenvalue weighted by molar-refractivity contribution is 0.0697. The molecule has 8 heteroatoms. The zero-order chi connectivity index (χ0) is 20.5. The number of unbranched alkanes of at least 4 members (excludes halogenated alkanes) is 1. The second-order valence-corrected chi connectivity index (χ2v) is 6.58. The lowest BCUT2D eigenvalue weighted by Gasteiger charge is -2.15. The van der Waals surface area contributed by atoms with Gasteiger partial charge < -0.3 is 10.4 Å². The highest BCUT2D eigenvalue weighted by atomic mass is 16.4. The number of aromatic nitrogens is 2. The molecule has 0 aliphatic heterocycles. The molecule has 150 valence electrons. The number of carbonyl (C=O) groups is 2. The van der Waals surface area contributed by atoms with Crippen molar-refractivity contribution in [1.29, 1.82) is 0 Å². The molecule has 1 atom stereocenters. The smallest absolute Gasteiger partial charge is 0.335 e. The average Bonchev–Trinajstić information content (AvgIpc) is 2.67. The number of hydrogen-bond acceptors (Lipinski definition) is 4. The molecule has 1 heterocycles. The van der Waals surface area contributed by atoms with Crippen molar-refractivity contribution in [1.82, 2.24) is 15.3 Å². The number of nitrogens with zero attached hydrogens (tertiary/aromatic N) is 1. The highest BCUT2D eigenvalue weighted by Crippen LogP contribution is 2.23. The molecule has 0 bridgehead atoms. The molecule has 0 spiro atoms. The monoisotopic (exact) mass is 386 g/mol. The Morgan fingerprint density at radius 2 is 1.93 bits per heavy atom. The van der Waals surface area contributed by atoms with E-state index in [4.69, 9.17) is 5.11 Å². The van der Waals surface area contributed by atoms with Crippen LogP contribution in [0.2, 0.25) is 0 Å². The van der Waals surface area contributed by atoms with Crippen molar-refractivity contribution in [3.63, 3.8) is 0 Å². The molecule has 0 fully saturated rings. The molecular formula is C20H26N4O4. The summed E-state index contributed by atoms with van der Waals surface area (Å²) in [5, 5.41) is 14.1. The van der Waals surface area contributed by atoms with Gasteiger partial charge in [-0.2, -0.15) is 0 Å². The molecule has 4 N–H and O–H groups in total. The SMILES string of the molecule is CCCCC(CC)c1cc(=O)[nH]c(NC(=O)NCc2ccc(C(=O)O)cc2)n1. The van der Waals surface area contributed by atoms with Crippen molar-refractivity contribution < 1.29 is 14.7 Å². The van der Waals surface area contributed by atoms with Crippen LogP contribution in [0.4, 0.5) is 10.7 Å². The van der Waals surface area contributed by atoms with Crippen LogP contribution >= 0.6 is 0 Å². The van der Waals surface area contributed by atoms with Crippen molar-refractivity contribution >= 4 is 17.9 Å². The van der Waals surface area contributed by atoms with Gasteiger partial charge in [-0.1, -0.05) is 38.8 Å². The van der Waals surface area contributed by atoms with Gasteiger partial charge in [-0.25, -0.2) is 14.6 Å². The van der Waals surface area contributed by atoms with Gasteiger partial charge in [0.2, 0.25) is 5.95 Å². The van der Waals surface area contributed by atoms with Crippen molar-refractivity contribution in [3.8, 4) is 0 Å². The molecule has 0 saturated heterocycles. The summed E-state index contributed by atoms with van der Waals surface area (Å²) in [6.07, 6.45) is 3.94. The zero-order valence-electron chi connectivity index (χ0n) is 16.1. The minimum atomic E-state index is -1.00. The number of rotatable bonds is 9. The maximum Gasteiger partial charge on any atom is 0.335 e. The molecular weight excluding hydrogens is 360 g/mol. The number of hydrogen-bond donors (Lipinski definition) is 4. The predicted molar refractivity (Wildman–Crippen MR) is 107 cm³/mol. The molecule has 28 heavy (non-hydrogen) atoms. The number of carbonyl (C=O) groups excluding carboxylic acids is 1. The Labute approximate surface area is 163 Å². The second kappa shape index (κ2) is 10.2. The maximum absolute atomic E-state index is 12.1. The molecule has 2 amide bonds. The minimum Gasteiger partial charge on any atom is -0.478 e. The first-order valence-corrected chi connectivity index (χ1v) is 9.41. The van der Waals surface area contributed by atoms with Gasteiger partial charge in [0.1, 0.15) is 0 Å². The molecule has 2 rings (SSSR count). The molecule has 0 aliphatic carbocycles. The number of anilines is 1. The molecule has 2 aromatic rings. The zero-order valence-corrected chi connectivity index (χ0v) is 16.1. The average molecular weight is 386 g/mol. The Bertz CT molecular complexity index is 861. The van der Waals surface area contributed by atoms with Gasteiger partial charge in [0, 0.05) is 18.5 Å². The first-order valence-electron chi connectivity index (χ1n) is 9.41. The van der Waals surface area contributed by atoms with Crippen LogP contribution in [0.5, 0.6) is 0 Å². The third kappa shape index (κ3) is 6.22. The van der Waals surface area contributed by atoms with Gasteiger partial charge in [0.05, 0.1) is 11.3 Å². The number of benzene rings is 1. The lowest BCUT2D eigenvalue weighted by atomic mass is 9.96. The Morgan fingerprint density at radius 1 is 1.21 bits per heavy atom. The highest BCUT2D eigenvalue weighted by Gasteiger charge is 2.14. The van der Waals surface area contributed by atoms with Crippen LogP contribution in [0.3, 0.4) is 0 Å². The number of H-pyrrole nitrogens is 1. The fourth-order valence-electron chi connectivity index (χ4n) is 2.86. The topological polar surface area (TPSA) is 124 Å². The highest BCUT2D eigenvalue weighted by molar-refractivity contribution is 5.88. The fourth-order valence-corrected chi connectivity index (χ4v) is 2.86. The molecule has 1 aromatic heterocycles. The summed E-state index contributed by atoms with van der Waals surface area (Å²) < 4.78 is 0. The summed E-state index contributed by atoms with van der Waals surface area (Å²) in [6.45, 7) is 4.38. The summed E-state index contributed by atoms with van der Waals surface area (Å²) in [5.41, 5.74) is 1.31. The van der Waals surface area contributed by atoms with Gasteiger partial charge in [-0.05, 0) is 30.5 Å². The summed E-state index contributed by atoms with van der Waals surface area (Å²) in [5.74, 6) is -0.716. The van der Waals surface area contributed by atoms with Crippen LogP contribution in [-0.2, 0) is 6.54 Å². The Hall–Kier alpha value is -3.16. The van der Waals surface area contributed by atoms with E-state index >= 15 is 0 Å². The van der Waals surface area contributed by atoms with E-state index in [0.717, 1.165) is 31.2 Å². The fraction of sp³-hybridized carbons (Fsp3) is 0.400. The van der Waals surface area contributed by atoms with Crippen LogP contribution in [0, 0.1) is 0 Å². The van der Waals surface area contributed by atoms with Crippen molar-refractivity contribution in [2.45, 2.75) is 52.0 Å². The van der Waals surface area contributed by atoms with E-state index in [-0.39, 0.29) is 29.5 Å². The normalized spacial score (nSPS) is 11.6. The predicted octanol–water partition coefficient (Wildman–Crippen LogP) is 3.47. The van der Waals surface area contributed by atoms with E-state index in [1.807, 2.05) is 0 Å². The number of aromatic amines is 1. The number of nitrogens with one attached hydrogen (secondary N) is 3. The molecule has 1 aromatic carbocycles. The van der Waals surface area contributed by atoms with Crippen molar-refractivity contribution in [2.75, 3.05) is 5.32 Å². The minimum absolute atomic E-state index is 0.108. The van der Waals surface area contributed by atoms with Crippen LogP contribution in [0.1, 0.15) is 67.1 Å². The number of aromatic carboxylic acids is 1. The molecule has 8 nitrogen and oxygen atoms in total. The molecule has 1 unspecified atom stereocenters. The summed E-state index contributed by atoms with van der Waals surface area (Å²) in [7, 11) is 0. The Kier molecular flexibility index (Phi) is 7.74. The standard InChI is InChI=1S/C20H26N4O4/c1-3-5-6-14(4-2)16-11-17(25)23-19(22-16)24-20(28)21-12-13-7-9-15(10-8-13)18(26)27/h7-11,14H,3-6,12H2,1-2H3,(H,26,27)(H3,21,22,23,24,25,28). The van der Waals surface area contributed by atoms with E-state index in [0.29, 0.717) is 5.69 Å². The van der Waals surface area contributed by atoms with Gasteiger partial charge >= 0.3 is 12.0 Å². The van der Waals surface area contributed by atoms with Crippen LogP contribution in [-0.4, -0.2) is 27.1 Å². The first-order chi connectivity index (χ1) is 13.4. The number of urea groups is 1. The number of carboxylic acid groups (broad SMARTS) is 1. The lowest BCUT2D eigenvalue weighted by Crippen LogP contribution is -2.30. The van der Waals surface area contributed by atoms with Crippen LogP contribution in [0.25, 0.3) is 0 Å². The first kappa shape index (κ1) is 21.1.